The fourth-order valence-corrected chi connectivity index (χ4v) is 13.3. The van der Waals surface area contributed by atoms with Crippen molar-refractivity contribution in [2.45, 2.75) is 426 Å². The van der Waals surface area contributed by atoms with Crippen molar-refractivity contribution >= 4 is 5.91 Å². The number of carbonyl (C=O) groups is 1. The quantitative estimate of drug-likeness (QED) is 0.0252. The van der Waals surface area contributed by atoms with Crippen molar-refractivity contribution in [1.29, 1.82) is 0 Å². The minimum atomic E-state index is -1.97. The predicted molar refractivity (Wildman–Crippen MR) is 356 cm³/mol. The lowest BCUT2D eigenvalue weighted by Crippen LogP contribution is -2.66. The number of nitrogens with one attached hydrogen (secondary N) is 1. The monoisotopic (exact) mass is 1310 g/mol. The topological polar surface area (TPSA) is 307 Å². The van der Waals surface area contributed by atoms with Gasteiger partial charge in [-0.25, -0.2) is 0 Å². The number of aliphatic hydroxyl groups is 11. The van der Waals surface area contributed by atoms with Crippen LogP contribution in [-0.2, 0) is 33.2 Å². The van der Waals surface area contributed by atoms with Gasteiger partial charge in [-0.05, 0) is 12.8 Å². The van der Waals surface area contributed by atoms with E-state index >= 15 is 0 Å². The van der Waals surface area contributed by atoms with Gasteiger partial charge in [-0.2, -0.15) is 0 Å². The van der Waals surface area contributed by atoms with E-state index in [4.69, 9.17) is 28.4 Å². The van der Waals surface area contributed by atoms with Gasteiger partial charge in [0.05, 0.1) is 38.6 Å². The second-order valence-corrected chi connectivity index (χ2v) is 27.5. The molecule has 0 spiro atoms. The summed E-state index contributed by atoms with van der Waals surface area (Å²) in [6.45, 7) is 1.82. The van der Waals surface area contributed by atoms with Crippen LogP contribution in [-0.4, -0.2) is 193 Å². The lowest BCUT2D eigenvalue weighted by molar-refractivity contribution is -0.379. The van der Waals surface area contributed by atoms with Crippen molar-refractivity contribution in [2.75, 3.05) is 26.4 Å². The van der Waals surface area contributed by atoms with Gasteiger partial charge in [-0.1, -0.05) is 303 Å². The molecule has 0 aromatic heterocycles. The molecule has 3 rings (SSSR count). The first-order valence-corrected chi connectivity index (χ1v) is 37.8. The van der Waals surface area contributed by atoms with Crippen molar-refractivity contribution < 1.29 is 89.4 Å². The Morgan fingerprint density at radius 2 is 0.626 bits per heavy atom. The molecule has 17 atom stereocenters. The van der Waals surface area contributed by atoms with Gasteiger partial charge >= 0.3 is 0 Å². The van der Waals surface area contributed by atoms with Crippen molar-refractivity contribution in [3.05, 3.63) is 0 Å². The largest absolute Gasteiger partial charge is 0.394 e. The van der Waals surface area contributed by atoms with Gasteiger partial charge in [-0.3, -0.25) is 4.79 Å². The van der Waals surface area contributed by atoms with Gasteiger partial charge < -0.3 is 89.9 Å². The van der Waals surface area contributed by atoms with Gasteiger partial charge in [0.15, 0.2) is 18.9 Å². The molecule has 0 aromatic rings. The highest BCUT2D eigenvalue weighted by molar-refractivity contribution is 5.76. The number of rotatable bonds is 60. The lowest BCUT2D eigenvalue weighted by Gasteiger charge is -2.48. The Morgan fingerprint density at radius 3 is 0.956 bits per heavy atom. The summed E-state index contributed by atoms with van der Waals surface area (Å²) in [6, 6.07) is -0.881. The highest BCUT2D eigenvalue weighted by atomic mass is 16.8. The number of ether oxygens (including phenoxy) is 6. The molecule has 3 heterocycles. The predicted octanol–water partition coefficient (Wildman–Crippen LogP) is 11.1. The third kappa shape index (κ3) is 36.3. The summed E-state index contributed by atoms with van der Waals surface area (Å²) in [6.07, 6.45) is 33.8. The van der Waals surface area contributed by atoms with Gasteiger partial charge in [0, 0.05) is 6.42 Å². The fourth-order valence-electron chi connectivity index (χ4n) is 13.3. The molecule has 12 N–H and O–H groups in total. The Morgan fingerprint density at radius 1 is 0.352 bits per heavy atom. The van der Waals surface area contributed by atoms with Crippen molar-refractivity contribution in [3.8, 4) is 0 Å². The molecule has 3 saturated heterocycles. The van der Waals surface area contributed by atoms with Crippen molar-refractivity contribution in [2.24, 2.45) is 0 Å². The Bertz CT molecular complexity index is 1650. The average molecular weight is 1310 g/mol. The molecule has 19 nitrogen and oxygen atoms in total. The van der Waals surface area contributed by atoms with E-state index in [0.717, 1.165) is 44.9 Å². The SMILES string of the molecule is CCCCCCCCCCCCCCCCCCCCCCCCCCCCCCCCCCCCCC(=O)NC(COC1OC(CO)C(OC2OC(CO)C(OC3OC(CO)C(O)C(O)C3O)C(O)C2O)C(O)C1O)C(O)CCCCCCCCCCCCC. The Kier molecular flexibility index (Phi) is 50.6. The molecule has 3 fully saturated rings. The smallest absolute Gasteiger partial charge is 0.220 e. The number of unbranched alkanes of at least 4 members (excludes halogenated alkanes) is 44. The lowest BCUT2D eigenvalue weighted by atomic mass is 9.96. The van der Waals surface area contributed by atoms with E-state index < -0.39 is 124 Å². The number of hydrogen-bond donors (Lipinski definition) is 12. The highest BCUT2D eigenvalue weighted by Gasteiger charge is 2.53. The third-order valence-corrected chi connectivity index (χ3v) is 19.4. The summed E-state index contributed by atoms with van der Waals surface area (Å²) in [7, 11) is 0. The number of aliphatic hydroxyl groups excluding tert-OH is 11. The molecule has 0 bridgehead atoms. The molecule has 0 radical (unpaired) electrons. The van der Waals surface area contributed by atoms with E-state index in [9.17, 15) is 61.0 Å². The van der Waals surface area contributed by atoms with E-state index in [1.165, 1.54) is 244 Å². The van der Waals surface area contributed by atoms with E-state index in [-0.39, 0.29) is 18.9 Å². The molecule has 0 aliphatic carbocycles. The van der Waals surface area contributed by atoms with Crippen LogP contribution in [0, 0.1) is 0 Å². The molecule has 3 aliphatic heterocycles. The summed E-state index contributed by atoms with van der Waals surface area (Å²) in [5.74, 6) is -0.236. The van der Waals surface area contributed by atoms with Crippen LogP contribution in [0.4, 0.5) is 0 Å². The second kappa shape index (κ2) is 54.8. The number of amides is 1. The van der Waals surface area contributed by atoms with Gasteiger partial charge in [-0.15, -0.1) is 0 Å². The Balaban J connectivity index is 1.29. The summed E-state index contributed by atoms with van der Waals surface area (Å²) in [5.41, 5.74) is 0. The second-order valence-electron chi connectivity index (χ2n) is 27.5. The maximum absolute atomic E-state index is 13.4. The molecule has 0 saturated carbocycles. The van der Waals surface area contributed by atoms with E-state index in [1.54, 1.807) is 0 Å². The Hall–Kier alpha value is -1.21. The third-order valence-electron chi connectivity index (χ3n) is 19.4. The zero-order valence-corrected chi connectivity index (χ0v) is 57.4. The minimum absolute atomic E-state index is 0.236. The van der Waals surface area contributed by atoms with Crippen LogP contribution in [0.25, 0.3) is 0 Å². The molecule has 19 heteroatoms. The number of carbonyl (C=O) groups excluding carboxylic acids is 1. The van der Waals surface area contributed by atoms with Crippen LogP contribution < -0.4 is 5.32 Å². The first-order chi connectivity index (χ1) is 44.3. The highest BCUT2D eigenvalue weighted by Crippen LogP contribution is 2.33. The summed E-state index contributed by atoms with van der Waals surface area (Å²) in [5, 5.41) is 121. The van der Waals surface area contributed by atoms with Crippen molar-refractivity contribution in [1.82, 2.24) is 5.32 Å². The van der Waals surface area contributed by atoms with Crippen LogP contribution in [0.3, 0.4) is 0 Å². The molecule has 3 aliphatic rings. The minimum Gasteiger partial charge on any atom is -0.394 e. The summed E-state index contributed by atoms with van der Waals surface area (Å²) >= 11 is 0. The van der Waals surface area contributed by atoms with Gasteiger partial charge in [0.1, 0.15) is 73.2 Å². The molecular weight excluding hydrogens is 1170 g/mol. The fraction of sp³-hybridized carbons (Fsp3) is 0.986. The first kappa shape index (κ1) is 84.0. The van der Waals surface area contributed by atoms with Crippen LogP contribution >= 0.6 is 0 Å². The molecule has 91 heavy (non-hydrogen) atoms. The van der Waals surface area contributed by atoms with Crippen LogP contribution in [0.2, 0.25) is 0 Å². The van der Waals surface area contributed by atoms with Crippen LogP contribution in [0.5, 0.6) is 0 Å². The maximum Gasteiger partial charge on any atom is 0.220 e. The summed E-state index contributed by atoms with van der Waals surface area (Å²) in [4.78, 5) is 13.4. The van der Waals surface area contributed by atoms with Crippen LogP contribution in [0.15, 0.2) is 0 Å². The zero-order chi connectivity index (χ0) is 66.1. The van der Waals surface area contributed by atoms with Gasteiger partial charge in [0.25, 0.3) is 0 Å². The molecule has 1 amide bonds. The first-order valence-electron chi connectivity index (χ1n) is 37.8. The Labute approximate surface area is 551 Å². The van der Waals surface area contributed by atoms with Gasteiger partial charge in [0.2, 0.25) is 5.91 Å². The normalized spacial score (nSPS) is 27.8. The van der Waals surface area contributed by atoms with E-state index in [0.29, 0.717) is 12.8 Å². The number of hydrogen-bond acceptors (Lipinski definition) is 18. The summed E-state index contributed by atoms with van der Waals surface area (Å²) < 4.78 is 34.4. The standard InChI is InChI=1S/C72H139NO18/c1-3-5-7-9-11-13-15-16-17-18-19-20-21-22-23-24-25-26-27-28-29-30-31-32-33-34-35-36-37-38-40-42-44-46-48-50-60(78)73-55(56(77)49-47-45-43-41-39-14-12-10-8-6-4-2)54-86-70-66(84)63(81)68(58(52-75)88-70)91-72-67(85)64(82)69(59(53-76)89-72)90-71-65(83)62(80)61(79)57(51-74)87-71/h55-59,61-72,74-77,79-85H,3-54H2,1-2H3,(H,73,78). The van der Waals surface area contributed by atoms with E-state index in [2.05, 4.69) is 19.2 Å². The van der Waals surface area contributed by atoms with E-state index in [1.807, 2.05) is 0 Å². The molecular formula is C72H139NO18. The van der Waals surface area contributed by atoms with Crippen LogP contribution in [0.1, 0.15) is 322 Å². The van der Waals surface area contributed by atoms with Crippen molar-refractivity contribution in [3.63, 3.8) is 0 Å². The zero-order valence-electron chi connectivity index (χ0n) is 57.4. The average Bonchev–Trinajstić information content (AvgIpc) is 1.05. The molecule has 17 unspecified atom stereocenters. The molecule has 540 valence electrons. The molecule has 0 aromatic carbocycles. The maximum atomic E-state index is 13.4.